The van der Waals surface area contributed by atoms with Gasteiger partial charge < -0.3 is 24.9 Å². The third kappa shape index (κ3) is 4.66. The lowest BCUT2D eigenvalue weighted by Crippen LogP contribution is -2.44. The Bertz CT molecular complexity index is 1060. The van der Waals surface area contributed by atoms with E-state index in [1.54, 1.807) is 0 Å². The number of piperidine rings is 1. The number of rotatable bonds is 5. The number of benzene rings is 2. The second-order valence-electron chi connectivity index (χ2n) is 9.10. The van der Waals surface area contributed by atoms with Gasteiger partial charge in [-0.1, -0.05) is 24.3 Å². The lowest BCUT2D eigenvalue weighted by Gasteiger charge is -2.34. The SMILES string of the molecule is CN1CCN(c2ccc(-c3ccc4cc(C(=O)NCC5CCNCC5)oc4c3)cc2)CC1. The molecule has 2 fully saturated rings. The highest BCUT2D eigenvalue weighted by molar-refractivity contribution is 5.96. The zero-order chi connectivity index (χ0) is 21.9. The summed E-state index contributed by atoms with van der Waals surface area (Å²) in [7, 11) is 2.18. The van der Waals surface area contributed by atoms with Crippen LogP contribution in [0.1, 0.15) is 23.4 Å². The summed E-state index contributed by atoms with van der Waals surface area (Å²) in [6, 6.07) is 16.7. The van der Waals surface area contributed by atoms with Crippen molar-refractivity contribution in [2.75, 3.05) is 57.8 Å². The molecule has 2 saturated heterocycles. The van der Waals surface area contributed by atoms with E-state index in [4.69, 9.17) is 4.42 Å². The van der Waals surface area contributed by atoms with E-state index in [9.17, 15) is 4.79 Å². The van der Waals surface area contributed by atoms with Crippen molar-refractivity contribution in [3.05, 3.63) is 54.3 Å². The zero-order valence-electron chi connectivity index (χ0n) is 18.8. The Balaban J connectivity index is 1.26. The summed E-state index contributed by atoms with van der Waals surface area (Å²) in [5.74, 6) is 0.805. The molecule has 2 aromatic carbocycles. The minimum atomic E-state index is -0.127. The molecule has 0 unspecified atom stereocenters. The Morgan fingerprint density at radius 3 is 2.47 bits per heavy atom. The van der Waals surface area contributed by atoms with Gasteiger partial charge in [0.2, 0.25) is 0 Å². The van der Waals surface area contributed by atoms with Crippen molar-refractivity contribution in [3.8, 4) is 11.1 Å². The van der Waals surface area contributed by atoms with Crippen LogP contribution < -0.4 is 15.5 Å². The van der Waals surface area contributed by atoms with Crippen LogP contribution in [0.2, 0.25) is 0 Å². The van der Waals surface area contributed by atoms with E-state index in [-0.39, 0.29) is 5.91 Å². The van der Waals surface area contributed by atoms with Gasteiger partial charge in [-0.3, -0.25) is 4.79 Å². The molecular formula is C26H32N4O2. The van der Waals surface area contributed by atoms with E-state index >= 15 is 0 Å². The van der Waals surface area contributed by atoms with Crippen LogP contribution in [0.5, 0.6) is 0 Å². The predicted molar refractivity (Wildman–Crippen MR) is 129 cm³/mol. The number of hydrogen-bond acceptors (Lipinski definition) is 5. The molecule has 5 rings (SSSR count). The number of anilines is 1. The van der Waals surface area contributed by atoms with Gasteiger partial charge in [-0.15, -0.1) is 0 Å². The van der Waals surface area contributed by atoms with Gasteiger partial charge in [-0.25, -0.2) is 0 Å². The molecule has 168 valence electrons. The van der Waals surface area contributed by atoms with Crippen LogP contribution in [0.15, 0.2) is 52.9 Å². The smallest absolute Gasteiger partial charge is 0.287 e. The average Bonchev–Trinajstić information content (AvgIpc) is 3.27. The van der Waals surface area contributed by atoms with E-state index in [1.165, 1.54) is 5.69 Å². The molecule has 1 amide bonds. The van der Waals surface area contributed by atoms with Crippen LogP contribution in [-0.4, -0.2) is 63.7 Å². The molecule has 0 atom stereocenters. The van der Waals surface area contributed by atoms with Gasteiger partial charge in [-0.05, 0) is 74.3 Å². The van der Waals surface area contributed by atoms with Gasteiger partial charge in [0.25, 0.3) is 5.91 Å². The first-order chi connectivity index (χ1) is 15.7. The molecular weight excluding hydrogens is 400 g/mol. The number of likely N-dealkylation sites (N-methyl/N-ethyl adjacent to an activating group) is 1. The van der Waals surface area contributed by atoms with Gasteiger partial charge in [0.05, 0.1) is 0 Å². The summed E-state index contributed by atoms with van der Waals surface area (Å²) in [6.07, 6.45) is 2.22. The lowest BCUT2D eigenvalue weighted by atomic mass is 9.98. The fraction of sp³-hybridized carbons (Fsp3) is 0.423. The van der Waals surface area contributed by atoms with Crippen molar-refractivity contribution in [3.63, 3.8) is 0 Å². The maximum atomic E-state index is 12.6. The molecule has 3 aromatic rings. The Hall–Kier alpha value is -2.83. The largest absolute Gasteiger partial charge is 0.451 e. The van der Waals surface area contributed by atoms with Crippen LogP contribution in [0.25, 0.3) is 22.1 Å². The van der Waals surface area contributed by atoms with Crippen molar-refractivity contribution in [1.29, 1.82) is 0 Å². The first-order valence-electron chi connectivity index (χ1n) is 11.7. The number of hydrogen-bond donors (Lipinski definition) is 2. The van der Waals surface area contributed by atoms with Crippen LogP contribution >= 0.6 is 0 Å². The fourth-order valence-electron chi connectivity index (χ4n) is 4.66. The van der Waals surface area contributed by atoms with Crippen LogP contribution in [0.4, 0.5) is 5.69 Å². The second kappa shape index (κ2) is 9.35. The molecule has 0 saturated carbocycles. The van der Waals surface area contributed by atoms with Gasteiger partial charge >= 0.3 is 0 Å². The van der Waals surface area contributed by atoms with Crippen molar-refractivity contribution in [2.24, 2.45) is 5.92 Å². The first kappa shape index (κ1) is 21.0. The molecule has 0 aliphatic carbocycles. The first-order valence-corrected chi connectivity index (χ1v) is 11.7. The van der Waals surface area contributed by atoms with E-state index in [0.717, 1.165) is 74.2 Å². The molecule has 3 heterocycles. The summed E-state index contributed by atoms with van der Waals surface area (Å²) >= 11 is 0. The highest BCUT2D eigenvalue weighted by atomic mass is 16.3. The van der Waals surface area contributed by atoms with Crippen LogP contribution in [-0.2, 0) is 0 Å². The number of carbonyl (C=O) groups excluding carboxylic acids is 1. The molecule has 2 aliphatic heterocycles. The Labute approximate surface area is 189 Å². The summed E-state index contributed by atoms with van der Waals surface area (Å²) in [6.45, 7) is 7.11. The molecule has 6 heteroatoms. The molecule has 0 bridgehead atoms. The highest BCUT2D eigenvalue weighted by Crippen LogP contribution is 2.28. The van der Waals surface area contributed by atoms with Gasteiger partial charge in [0.1, 0.15) is 5.58 Å². The monoisotopic (exact) mass is 432 g/mol. The minimum Gasteiger partial charge on any atom is -0.451 e. The number of nitrogens with one attached hydrogen (secondary N) is 2. The molecule has 0 radical (unpaired) electrons. The topological polar surface area (TPSA) is 60.8 Å². The van der Waals surface area contributed by atoms with Crippen molar-refractivity contribution >= 4 is 22.6 Å². The quantitative estimate of drug-likeness (QED) is 0.645. The molecule has 2 aliphatic rings. The van der Waals surface area contributed by atoms with Crippen molar-refractivity contribution < 1.29 is 9.21 Å². The molecule has 6 nitrogen and oxygen atoms in total. The van der Waals surface area contributed by atoms with E-state index in [0.29, 0.717) is 18.2 Å². The summed E-state index contributed by atoms with van der Waals surface area (Å²) in [5.41, 5.74) is 4.27. The fourth-order valence-corrected chi connectivity index (χ4v) is 4.66. The number of fused-ring (bicyclic) bond motifs is 1. The van der Waals surface area contributed by atoms with Gasteiger partial charge in [0.15, 0.2) is 5.76 Å². The maximum Gasteiger partial charge on any atom is 0.287 e. The molecule has 2 N–H and O–H groups in total. The number of furan rings is 1. The van der Waals surface area contributed by atoms with Crippen molar-refractivity contribution in [2.45, 2.75) is 12.8 Å². The Kier molecular flexibility index (Phi) is 6.14. The van der Waals surface area contributed by atoms with E-state index < -0.39 is 0 Å². The maximum absolute atomic E-state index is 12.6. The Morgan fingerprint density at radius 1 is 1.00 bits per heavy atom. The highest BCUT2D eigenvalue weighted by Gasteiger charge is 2.18. The summed E-state index contributed by atoms with van der Waals surface area (Å²) in [5, 5.41) is 7.36. The van der Waals surface area contributed by atoms with Crippen LogP contribution in [0.3, 0.4) is 0 Å². The summed E-state index contributed by atoms with van der Waals surface area (Å²) in [4.78, 5) is 17.4. The predicted octanol–water partition coefficient (Wildman–Crippen LogP) is 3.58. The van der Waals surface area contributed by atoms with Crippen LogP contribution in [0, 0.1) is 5.92 Å². The minimum absolute atomic E-state index is 0.127. The number of amides is 1. The standard InChI is InChI=1S/C26H32N4O2/c1-29-12-14-30(15-13-29)23-6-4-20(5-7-23)21-2-3-22-17-25(32-24(22)16-21)26(31)28-18-19-8-10-27-11-9-19/h2-7,16-17,19,27H,8-15,18H2,1H3,(H,28,31). The molecule has 32 heavy (non-hydrogen) atoms. The third-order valence-corrected chi connectivity index (χ3v) is 6.82. The van der Waals surface area contributed by atoms with E-state index in [2.05, 4.69) is 57.8 Å². The second-order valence-corrected chi connectivity index (χ2v) is 9.10. The average molecular weight is 433 g/mol. The number of nitrogens with zero attached hydrogens (tertiary/aromatic N) is 2. The molecule has 1 aromatic heterocycles. The van der Waals surface area contributed by atoms with E-state index in [1.807, 2.05) is 18.2 Å². The molecule has 0 spiro atoms. The lowest BCUT2D eigenvalue weighted by molar-refractivity contribution is 0.0918. The Morgan fingerprint density at radius 2 is 1.72 bits per heavy atom. The zero-order valence-corrected chi connectivity index (χ0v) is 18.8. The van der Waals surface area contributed by atoms with Gasteiger partial charge in [0, 0.05) is 43.8 Å². The summed E-state index contributed by atoms with van der Waals surface area (Å²) < 4.78 is 5.92. The normalized spacial score (nSPS) is 18.2. The third-order valence-electron chi connectivity index (χ3n) is 6.82. The van der Waals surface area contributed by atoms with Gasteiger partial charge in [-0.2, -0.15) is 0 Å². The number of piperazine rings is 1. The van der Waals surface area contributed by atoms with Crippen molar-refractivity contribution in [1.82, 2.24) is 15.5 Å². The number of carbonyl (C=O) groups is 1.